The first-order valence-electron chi connectivity index (χ1n) is 4.48. The van der Waals surface area contributed by atoms with E-state index in [1.54, 1.807) is 6.07 Å². The van der Waals surface area contributed by atoms with E-state index >= 15 is 0 Å². The van der Waals surface area contributed by atoms with E-state index in [0.29, 0.717) is 4.47 Å². The Labute approximate surface area is 100 Å². The normalized spacial score (nSPS) is 14.2. The topological polar surface area (TPSA) is 69.6 Å². The molecule has 0 aliphatic rings. The fourth-order valence-electron chi connectivity index (χ4n) is 1.00. The predicted molar refractivity (Wildman–Crippen MR) is 60.8 cm³/mol. The lowest BCUT2D eigenvalue weighted by atomic mass is 10.1. The number of carboxylic acids is 1. The second kappa shape index (κ2) is 4.80. The quantitative estimate of drug-likeness (QED) is 0.792. The van der Waals surface area contributed by atoms with E-state index in [0.717, 1.165) is 6.92 Å². The molecule has 0 aliphatic carbocycles. The highest BCUT2D eigenvalue weighted by Gasteiger charge is 2.29. The Hall–Kier alpha value is -1.14. The lowest BCUT2D eigenvalue weighted by molar-refractivity contribution is -0.155. The number of anilines is 1. The lowest BCUT2D eigenvalue weighted by Crippen LogP contribution is -2.42. The van der Waals surface area contributed by atoms with Gasteiger partial charge in [0.15, 0.2) is 5.60 Å². The largest absolute Gasteiger partial charge is 0.479 e. The number of rotatable bonds is 4. The highest BCUT2D eigenvalue weighted by molar-refractivity contribution is 9.10. The Balaban J connectivity index is 2.79. The van der Waals surface area contributed by atoms with Gasteiger partial charge in [0.05, 0.1) is 12.2 Å². The number of aliphatic carboxylic acids is 1. The first-order chi connectivity index (χ1) is 7.34. The molecule has 1 aromatic carbocycles. The number of carbonyl (C=O) groups is 1. The molecule has 0 saturated carbocycles. The van der Waals surface area contributed by atoms with Crippen molar-refractivity contribution in [2.45, 2.75) is 12.5 Å². The molecule has 0 bridgehead atoms. The van der Waals surface area contributed by atoms with Gasteiger partial charge in [-0.1, -0.05) is 6.07 Å². The van der Waals surface area contributed by atoms with E-state index < -0.39 is 17.4 Å². The van der Waals surface area contributed by atoms with E-state index in [1.807, 2.05) is 0 Å². The van der Waals surface area contributed by atoms with Gasteiger partial charge in [-0.25, -0.2) is 9.18 Å². The fourth-order valence-corrected chi connectivity index (χ4v) is 1.48. The van der Waals surface area contributed by atoms with Gasteiger partial charge in [0.1, 0.15) is 5.82 Å². The van der Waals surface area contributed by atoms with Crippen LogP contribution in [0.25, 0.3) is 0 Å². The Morgan fingerprint density at radius 3 is 2.75 bits per heavy atom. The van der Waals surface area contributed by atoms with Gasteiger partial charge in [0.25, 0.3) is 0 Å². The average molecular weight is 292 g/mol. The number of aliphatic hydroxyl groups is 1. The zero-order valence-corrected chi connectivity index (χ0v) is 10.1. The van der Waals surface area contributed by atoms with Crippen LogP contribution in [0.2, 0.25) is 0 Å². The summed E-state index contributed by atoms with van der Waals surface area (Å²) in [5, 5.41) is 20.6. The highest BCUT2D eigenvalue weighted by Crippen LogP contribution is 2.25. The zero-order chi connectivity index (χ0) is 12.3. The van der Waals surface area contributed by atoms with Crippen LogP contribution >= 0.6 is 15.9 Å². The van der Waals surface area contributed by atoms with Crippen molar-refractivity contribution < 1.29 is 19.4 Å². The van der Waals surface area contributed by atoms with Gasteiger partial charge in [-0.15, -0.1) is 0 Å². The molecule has 4 nitrogen and oxygen atoms in total. The predicted octanol–water partition coefficient (Wildman–Crippen LogP) is 1.84. The molecule has 16 heavy (non-hydrogen) atoms. The molecule has 0 amide bonds. The molecule has 1 aromatic rings. The summed E-state index contributed by atoms with van der Waals surface area (Å²) < 4.78 is 13.8. The smallest absolute Gasteiger partial charge is 0.337 e. The minimum absolute atomic E-state index is 0.129. The van der Waals surface area contributed by atoms with Crippen LogP contribution in [-0.4, -0.2) is 28.3 Å². The van der Waals surface area contributed by atoms with E-state index in [9.17, 15) is 14.3 Å². The van der Waals surface area contributed by atoms with Crippen molar-refractivity contribution in [3.8, 4) is 0 Å². The van der Waals surface area contributed by atoms with Crippen LogP contribution in [0.1, 0.15) is 6.92 Å². The molecular formula is C10H11BrFNO3. The van der Waals surface area contributed by atoms with Gasteiger partial charge in [-0.2, -0.15) is 0 Å². The molecule has 6 heteroatoms. The maximum Gasteiger partial charge on any atom is 0.337 e. The van der Waals surface area contributed by atoms with E-state index in [1.165, 1.54) is 12.1 Å². The third kappa shape index (κ3) is 2.93. The molecular weight excluding hydrogens is 281 g/mol. The van der Waals surface area contributed by atoms with Crippen LogP contribution in [-0.2, 0) is 4.79 Å². The molecule has 1 atom stereocenters. The van der Waals surface area contributed by atoms with Crippen LogP contribution in [0.4, 0.5) is 10.1 Å². The number of para-hydroxylation sites is 1. The number of hydrogen-bond donors (Lipinski definition) is 3. The second-order valence-corrected chi connectivity index (χ2v) is 4.38. The number of benzene rings is 1. The highest BCUT2D eigenvalue weighted by atomic mass is 79.9. The lowest BCUT2D eigenvalue weighted by Gasteiger charge is -2.19. The summed E-state index contributed by atoms with van der Waals surface area (Å²) in [6.45, 7) is 0.846. The van der Waals surface area contributed by atoms with E-state index in [-0.39, 0.29) is 12.2 Å². The molecule has 88 valence electrons. The summed E-state index contributed by atoms with van der Waals surface area (Å²) in [4.78, 5) is 10.6. The Bertz CT molecular complexity index is 389. The summed E-state index contributed by atoms with van der Waals surface area (Å²) in [6.07, 6.45) is 0. The minimum Gasteiger partial charge on any atom is -0.479 e. The van der Waals surface area contributed by atoms with Crippen molar-refractivity contribution in [3.63, 3.8) is 0 Å². The van der Waals surface area contributed by atoms with Crippen molar-refractivity contribution in [1.82, 2.24) is 0 Å². The van der Waals surface area contributed by atoms with Crippen molar-refractivity contribution in [1.29, 1.82) is 0 Å². The standard InChI is InChI=1S/C10H11BrFNO3/c1-10(16,9(14)15)5-13-8-6(11)3-2-4-7(8)12/h2-4,13,16H,5H2,1H3,(H,14,15). The molecule has 0 spiro atoms. The van der Waals surface area contributed by atoms with Crippen LogP contribution in [0, 0.1) is 5.82 Å². The third-order valence-corrected chi connectivity index (χ3v) is 2.69. The monoisotopic (exact) mass is 291 g/mol. The number of hydrogen-bond acceptors (Lipinski definition) is 3. The summed E-state index contributed by atoms with van der Waals surface area (Å²) in [5.74, 6) is -1.89. The molecule has 3 N–H and O–H groups in total. The second-order valence-electron chi connectivity index (χ2n) is 3.53. The SMILES string of the molecule is CC(O)(CNc1c(F)cccc1Br)C(=O)O. The fraction of sp³-hybridized carbons (Fsp3) is 0.300. The first kappa shape index (κ1) is 12.9. The average Bonchev–Trinajstić information content (AvgIpc) is 2.16. The minimum atomic E-state index is -1.94. The number of nitrogens with one attached hydrogen (secondary N) is 1. The van der Waals surface area contributed by atoms with E-state index in [4.69, 9.17) is 5.11 Å². The summed E-state index contributed by atoms with van der Waals surface area (Å²) in [5.41, 5.74) is -1.81. The maximum atomic E-state index is 13.3. The Morgan fingerprint density at radius 2 is 2.25 bits per heavy atom. The molecule has 0 aromatic heterocycles. The van der Waals surface area contributed by atoms with Gasteiger partial charge < -0.3 is 15.5 Å². The summed E-state index contributed by atoms with van der Waals surface area (Å²) >= 11 is 3.12. The van der Waals surface area contributed by atoms with Crippen LogP contribution in [0.5, 0.6) is 0 Å². The Kier molecular flexibility index (Phi) is 3.88. The van der Waals surface area contributed by atoms with Gasteiger partial charge in [0, 0.05) is 4.47 Å². The molecule has 0 fully saturated rings. The first-order valence-corrected chi connectivity index (χ1v) is 5.27. The summed E-state index contributed by atoms with van der Waals surface area (Å²) in [6, 6.07) is 4.36. The molecule has 1 unspecified atom stereocenters. The molecule has 0 heterocycles. The summed E-state index contributed by atoms with van der Waals surface area (Å²) in [7, 11) is 0. The number of carboxylic acid groups (broad SMARTS) is 1. The maximum absolute atomic E-state index is 13.3. The molecule has 1 rings (SSSR count). The van der Waals surface area contributed by atoms with Crippen LogP contribution in [0.15, 0.2) is 22.7 Å². The third-order valence-electron chi connectivity index (χ3n) is 2.03. The van der Waals surface area contributed by atoms with Crippen molar-refractivity contribution in [2.75, 3.05) is 11.9 Å². The van der Waals surface area contributed by atoms with Gasteiger partial charge in [0.2, 0.25) is 0 Å². The van der Waals surface area contributed by atoms with Gasteiger partial charge in [-0.3, -0.25) is 0 Å². The van der Waals surface area contributed by atoms with E-state index in [2.05, 4.69) is 21.2 Å². The van der Waals surface area contributed by atoms with Crippen LogP contribution in [0.3, 0.4) is 0 Å². The van der Waals surface area contributed by atoms with Gasteiger partial charge >= 0.3 is 5.97 Å². The van der Waals surface area contributed by atoms with Crippen molar-refractivity contribution in [3.05, 3.63) is 28.5 Å². The van der Waals surface area contributed by atoms with Crippen molar-refractivity contribution in [2.24, 2.45) is 0 Å². The molecule has 0 saturated heterocycles. The molecule has 0 radical (unpaired) electrons. The van der Waals surface area contributed by atoms with Crippen LogP contribution < -0.4 is 5.32 Å². The number of halogens is 2. The van der Waals surface area contributed by atoms with Gasteiger partial charge in [-0.05, 0) is 35.0 Å². The molecule has 0 aliphatic heterocycles. The Morgan fingerprint density at radius 1 is 1.62 bits per heavy atom. The zero-order valence-electron chi connectivity index (χ0n) is 8.50. The van der Waals surface area contributed by atoms with Crippen molar-refractivity contribution >= 4 is 27.6 Å².